The van der Waals surface area contributed by atoms with Crippen LogP contribution in [0.25, 0.3) is 0 Å². The van der Waals surface area contributed by atoms with Crippen LogP contribution >= 0.6 is 34.4 Å². The normalized spacial score (nSPS) is 10.4. The number of halogens is 1. The Morgan fingerprint density at radius 1 is 1.38 bits per heavy atom. The minimum absolute atomic E-state index is 0.147. The predicted octanol–water partition coefficient (Wildman–Crippen LogP) is 3.13. The summed E-state index contributed by atoms with van der Waals surface area (Å²) in [4.78, 5) is 19.9. The molecule has 0 saturated heterocycles. The second-order valence-corrected chi connectivity index (χ2v) is 6.28. The van der Waals surface area contributed by atoms with Crippen LogP contribution in [0.5, 0.6) is 0 Å². The quantitative estimate of drug-likeness (QED) is 0.350. The molecule has 1 heterocycles. The van der Waals surface area contributed by atoms with Gasteiger partial charge in [-0.15, -0.1) is 0 Å². The van der Waals surface area contributed by atoms with Crippen molar-refractivity contribution in [3.05, 3.63) is 45.2 Å². The molecule has 0 amide bonds. The number of rotatable bonds is 5. The summed E-state index contributed by atoms with van der Waals surface area (Å²) >= 11 is 3.74. The van der Waals surface area contributed by atoms with Crippen LogP contribution in [0.1, 0.15) is 22.8 Å². The fourth-order valence-corrected chi connectivity index (χ4v) is 2.68. The highest BCUT2D eigenvalue weighted by atomic mass is 127. The van der Waals surface area contributed by atoms with E-state index >= 15 is 0 Å². The Labute approximate surface area is 140 Å². The van der Waals surface area contributed by atoms with Gasteiger partial charge in [0.1, 0.15) is 11.4 Å². The molecular weight excluding hydrogens is 401 g/mol. The van der Waals surface area contributed by atoms with E-state index in [1.165, 1.54) is 27.1 Å². The van der Waals surface area contributed by atoms with Crippen molar-refractivity contribution in [2.45, 2.75) is 17.8 Å². The second-order valence-electron chi connectivity index (χ2n) is 4.09. The maximum absolute atomic E-state index is 11.6. The lowest BCUT2D eigenvalue weighted by molar-refractivity contribution is 0.0526. The number of carbonyl (C=O) groups is 1. The first-order valence-electron chi connectivity index (χ1n) is 6.27. The molecule has 0 atom stereocenters. The Morgan fingerprint density at radius 2 is 2.10 bits per heavy atom. The molecule has 7 heteroatoms. The minimum atomic E-state index is -0.496. The predicted molar refractivity (Wildman–Crippen MR) is 91.1 cm³/mol. The summed E-state index contributed by atoms with van der Waals surface area (Å²) in [5, 5.41) is 0.541. The van der Waals surface area contributed by atoms with Gasteiger partial charge < -0.3 is 10.5 Å². The number of esters is 1. The van der Waals surface area contributed by atoms with Gasteiger partial charge in [-0.2, -0.15) is 0 Å². The SMILES string of the molecule is CCOC(=O)c1cnc(SCc2ccc(I)cc2)nc1N. The lowest BCUT2D eigenvalue weighted by Crippen LogP contribution is -2.10. The molecule has 0 bridgehead atoms. The summed E-state index contributed by atoms with van der Waals surface area (Å²) in [6, 6.07) is 8.22. The smallest absolute Gasteiger partial charge is 0.343 e. The van der Waals surface area contributed by atoms with Gasteiger partial charge in [0.2, 0.25) is 0 Å². The van der Waals surface area contributed by atoms with Crippen LogP contribution in [0, 0.1) is 3.57 Å². The molecule has 2 rings (SSSR count). The number of carbonyl (C=O) groups excluding carboxylic acids is 1. The summed E-state index contributed by atoms with van der Waals surface area (Å²) in [7, 11) is 0. The molecule has 0 aliphatic rings. The Balaban J connectivity index is 2.03. The summed E-state index contributed by atoms with van der Waals surface area (Å²) in [5.41, 5.74) is 7.16. The van der Waals surface area contributed by atoms with Gasteiger partial charge in [-0.3, -0.25) is 0 Å². The van der Waals surface area contributed by atoms with Crippen molar-refractivity contribution in [1.29, 1.82) is 0 Å². The number of hydrogen-bond donors (Lipinski definition) is 1. The van der Waals surface area contributed by atoms with Gasteiger partial charge in [-0.05, 0) is 47.2 Å². The Bertz CT molecular complexity index is 635. The van der Waals surface area contributed by atoms with Crippen LogP contribution in [-0.4, -0.2) is 22.5 Å². The number of nitrogen functional groups attached to an aromatic ring is 1. The van der Waals surface area contributed by atoms with E-state index in [1.54, 1.807) is 6.92 Å². The summed E-state index contributed by atoms with van der Waals surface area (Å²) in [6.07, 6.45) is 1.41. The van der Waals surface area contributed by atoms with E-state index in [2.05, 4.69) is 56.8 Å². The molecular formula is C14H14IN3O2S. The summed E-state index contributed by atoms with van der Waals surface area (Å²) in [5.74, 6) is 0.396. The van der Waals surface area contributed by atoms with Gasteiger partial charge >= 0.3 is 5.97 Å². The first kappa shape index (κ1) is 16.0. The lowest BCUT2D eigenvalue weighted by Gasteiger charge is -2.06. The second kappa shape index (κ2) is 7.60. The van der Waals surface area contributed by atoms with Gasteiger partial charge in [0.05, 0.1) is 6.61 Å². The molecule has 1 aromatic carbocycles. The zero-order valence-electron chi connectivity index (χ0n) is 11.4. The lowest BCUT2D eigenvalue weighted by atomic mass is 10.2. The average Bonchev–Trinajstić information content (AvgIpc) is 2.47. The third kappa shape index (κ3) is 4.57. The van der Waals surface area contributed by atoms with Crippen LogP contribution < -0.4 is 5.73 Å². The van der Waals surface area contributed by atoms with E-state index in [0.717, 1.165) is 5.75 Å². The van der Waals surface area contributed by atoms with Gasteiger partial charge in [-0.1, -0.05) is 23.9 Å². The van der Waals surface area contributed by atoms with Crippen molar-refractivity contribution in [1.82, 2.24) is 9.97 Å². The van der Waals surface area contributed by atoms with E-state index in [9.17, 15) is 4.79 Å². The Hall–Kier alpha value is -1.35. The molecule has 0 unspecified atom stereocenters. The number of thioether (sulfide) groups is 1. The fraction of sp³-hybridized carbons (Fsp3) is 0.214. The fourth-order valence-electron chi connectivity index (χ4n) is 1.54. The van der Waals surface area contributed by atoms with Crippen LogP contribution in [0.4, 0.5) is 5.82 Å². The molecule has 0 aliphatic carbocycles. The van der Waals surface area contributed by atoms with Gasteiger partial charge in [0.25, 0.3) is 0 Å². The first-order valence-corrected chi connectivity index (χ1v) is 8.33. The van der Waals surface area contributed by atoms with Crippen molar-refractivity contribution < 1.29 is 9.53 Å². The molecule has 0 spiro atoms. The molecule has 2 N–H and O–H groups in total. The Kier molecular flexibility index (Phi) is 5.80. The number of nitrogens with two attached hydrogens (primary N) is 1. The summed E-state index contributed by atoms with van der Waals surface area (Å²) < 4.78 is 6.08. The molecule has 1 aromatic heterocycles. The average molecular weight is 415 g/mol. The van der Waals surface area contributed by atoms with Crippen molar-refractivity contribution >= 4 is 46.1 Å². The highest BCUT2D eigenvalue weighted by molar-refractivity contribution is 14.1. The number of aromatic nitrogens is 2. The van der Waals surface area contributed by atoms with Crippen molar-refractivity contribution in [2.24, 2.45) is 0 Å². The third-order valence-corrected chi connectivity index (χ3v) is 4.22. The topological polar surface area (TPSA) is 78.1 Å². The zero-order chi connectivity index (χ0) is 15.2. The van der Waals surface area contributed by atoms with Gasteiger partial charge in [-0.25, -0.2) is 14.8 Å². The molecule has 5 nitrogen and oxygen atoms in total. The third-order valence-electron chi connectivity index (χ3n) is 2.57. The molecule has 110 valence electrons. The standard InChI is InChI=1S/C14H14IN3O2S/c1-2-20-13(19)11-7-17-14(18-12(11)16)21-8-9-3-5-10(15)6-4-9/h3-7H,2,8H2,1H3,(H2,16,17,18). The van der Waals surface area contributed by atoms with E-state index in [4.69, 9.17) is 10.5 Å². The van der Waals surface area contributed by atoms with E-state index in [1.807, 2.05) is 0 Å². The molecule has 0 fully saturated rings. The molecule has 21 heavy (non-hydrogen) atoms. The number of nitrogens with zero attached hydrogens (tertiary/aromatic N) is 2. The van der Waals surface area contributed by atoms with Crippen LogP contribution in [0.3, 0.4) is 0 Å². The monoisotopic (exact) mass is 415 g/mol. The largest absolute Gasteiger partial charge is 0.462 e. The van der Waals surface area contributed by atoms with Crippen molar-refractivity contribution in [3.63, 3.8) is 0 Å². The van der Waals surface area contributed by atoms with E-state index in [0.29, 0.717) is 11.8 Å². The van der Waals surface area contributed by atoms with Gasteiger partial charge in [0, 0.05) is 15.5 Å². The van der Waals surface area contributed by atoms with E-state index in [-0.39, 0.29) is 11.4 Å². The Morgan fingerprint density at radius 3 is 2.71 bits per heavy atom. The zero-order valence-corrected chi connectivity index (χ0v) is 14.3. The maximum atomic E-state index is 11.6. The maximum Gasteiger partial charge on any atom is 0.343 e. The minimum Gasteiger partial charge on any atom is -0.462 e. The molecule has 0 saturated carbocycles. The number of hydrogen-bond acceptors (Lipinski definition) is 6. The number of benzene rings is 1. The van der Waals surface area contributed by atoms with Crippen LogP contribution in [0.2, 0.25) is 0 Å². The van der Waals surface area contributed by atoms with Gasteiger partial charge in [0.15, 0.2) is 5.16 Å². The van der Waals surface area contributed by atoms with Crippen molar-refractivity contribution in [3.8, 4) is 0 Å². The molecule has 2 aromatic rings. The number of ether oxygens (including phenoxy) is 1. The number of anilines is 1. The first-order chi connectivity index (χ1) is 10.1. The highest BCUT2D eigenvalue weighted by Gasteiger charge is 2.13. The van der Waals surface area contributed by atoms with Crippen LogP contribution in [0.15, 0.2) is 35.6 Å². The van der Waals surface area contributed by atoms with Crippen molar-refractivity contribution in [2.75, 3.05) is 12.3 Å². The highest BCUT2D eigenvalue weighted by Crippen LogP contribution is 2.21. The molecule has 0 radical (unpaired) electrons. The molecule has 0 aliphatic heterocycles. The van der Waals surface area contributed by atoms with Crippen LogP contribution in [-0.2, 0) is 10.5 Å². The summed E-state index contributed by atoms with van der Waals surface area (Å²) in [6.45, 7) is 2.03. The van der Waals surface area contributed by atoms with E-state index < -0.39 is 5.97 Å².